The van der Waals surface area contributed by atoms with Crippen LogP contribution in [0.1, 0.15) is 48.0 Å². The number of hydrogen-bond donors (Lipinski definition) is 1. The summed E-state index contributed by atoms with van der Waals surface area (Å²) in [5.41, 5.74) is 0.371. The van der Waals surface area contributed by atoms with Gasteiger partial charge in [-0.15, -0.1) is 0 Å². The normalized spacial score (nSPS) is 20.2. The monoisotopic (exact) mass is 359 g/mol. The lowest BCUT2D eigenvalue weighted by Crippen LogP contribution is -2.57. The molecule has 1 saturated carbocycles. The lowest BCUT2D eigenvalue weighted by atomic mass is 9.82. The Bertz CT molecular complexity index is 691. The number of nitrogens with zero attached hydrogens (tertiary/aromatic N) is 3. The molecular formula is C20H26FN3O2. The number of aliphatic hydroxyl groups excluding tert-OH is 1. The molecule has 140 valence electrons. The Labute approximate surface area is 154 Å². The summed E-state index contributed by atoms with van der Waals surface area (Å²) in [6.07, 6.45) is 5.48. The van der Waals surface area contributed by atoms with E-state index in [9.17, 15) is 14.3 Å². The molecule has 0 spiro atoms. The molecule has 2 aliphatic rings. The number of nitriles is 1. The molecule has 1 aromatic carbocycles. The standard InChI is InChI=1S/C20H26FN3O2/c1-23(20(26)16-7-14(10-22)8-17(21)9-16)19(13-24-11-18(25)12-24)15-5-3-2-4-6-15/h7-9,15,18-19,25H,2-6,11-13H2,1H3/t19-/m1/s1. The number of amides is 1. The smallest absolute Gasteiger partial charge is 0.254 e. The van der Waals surface area contributed by atoms with E-state index in [2.05, 4.69) is 4.90 Å². The highest BCUT2D eigenvalue weighted by Gasteiger charge is 2.35. The SMILES string of the molecule is CN(C(=O)c1cc(F)cc(C#N)c1)[C@H](CN1CC(O)C1)C1CCCCC1. The summed E-state index contributed by atoms with van der Waals surface area (Å²) in [5, 5.41) is 18.6. The minimum Gasteiger partial charge on any atom is -0.390 e. The van der Waals surface area contributed by atoms with Crippen molar-refractivity contribution >= 4 is 5.91 Å². The summed E-state index contributed by atoms with van der Waals surface area (Å²) in [5.74, 6) is -0.405. The molecule has 1 amide bonds. The van der Waals surface area contributed by atoms with Crippen LogP contribution in [0.4, 0.5) is 4.39 Å². The van der Waals surface area contributed by atoms with E-state index in [1.807, 2.05) is 6.07 Å². The largest absolute Gasteiger partial charge is 0.390 e. The maximum atomic E-state index is 13.8. The minimum absolute atomic E-state index is 0.0316. The van der Waals surface area contributed by atoms with Crippen LogP contribution in [0, 0.1) is 23.1 Å². The van der Waals surface area contributed by atoms with Crippen molar-refractivity contribution in [3.05, 3.63) is 35.1 Å². The summed E-state index contributed by atoms with van der Waals surface area (Å²) in [4.78, 5) is 16.9. The molecule has 0 bridgehead atoms. The molecule has 1 heterocycles. The van der Waals surface area contributed by atoms with Crippen molar-refractivity contribution in [1.29, 1.82) is 5.26 Å². The molecule has 0 aromatic heterocycles. The number of rotatable bonds is 5. The molecule has 1 saturated heterocycles. The second-order valence-corrected chi connectivity index (χ2v) is 7.59. The van der Waals surface area contributed by atoms with Crippen LogP contribution >= 0.6 is 0 Å². The van der Waals surface area contributed by atoms with Gasteiger partial charge in [-0.2, -0.15) is 5.26 Å². The first-order valence-electron chi connectivity index (χ1n) is 9.36. The van der Waals surface area contributed by atoms with Crippen LogP contribution in [0.5, 0.6) is 0 Å². The molecule has 26 heavy (non-hydrogen) atoms. The van der Waals surface area contributed by atoms with Crippen LogP contribution in [0.3, 0.4) is 0 Å². The number of likely N-dealkylation sites (N-methyl/N-ethyl adjacent to an activating group) is 1. The predicted octanol–water partition coefficient (Wildman–Crippen LogP) is 2.39. The maximum Gasteiger partial charge on any atom is 0.254 e. The fourth-order valence-corrected chi connectivity index (χ4v) is 4.19. The quantitative estimate of drug-likeness (QED) is 0.877. The van der Waals surface area contributed by atoms with E-state index in [-0.39, 0.29) is 29.2 Å². The van der Waals surface area contributed by atoms with Gasteiger partial charge in [0.1, 0.15) is 5.82 Å². The molecule has 1 aromatic rings. The van der Waals surface area contributed by atoms with Gasteiger partial charge in [0.05, 0.1) is 17.7 Å². The highest BCUT2D eigenvalue weighted by Crippen LogP contribution is 2.30. The van der Waals surface area contributed by atoms with Crippen LogP contribution in [-0.2, 0) is 0 Å². The van der Waals surface area contributed by atoms with Crippen molar-refractivity contribution < 1.29 is 14.3 Å². The molecule has 1 aliphatic heterocycles. The van der Waals surface area contributed by atoms with Gasteiger partial charge < -0.3 is 10.0 Å². The molecule has 1 atom stereocenters. The van der Waals surface area contributed by atoms with Crippen molar-refractivity contribution in [2.75, 3.05) is 26.7 Å². The fourth-order valence-electron chi connectivity index (χ4n) is 4.19. The number of carbonyl (C=O) groups is 1. The van der Waals surface area contributed by atoms with Gasteiger partial charge in [0.2, 0.25) is 0 Å². The zero-order chi connectivity index (χ0) is 18.7. The van der Waals surface area contributed by atoms with E-state index in [1.54, 1.807) is 11.9 Å². The highest BCUT2D eigenvalue weighted by molar-refractivity contribution is 5.94. The summed E-state index contributed by atoms with van der Waals surface area (Å²) >= 11 is 0. The van der Waals surface area contributed by atoms with Crippen molar-refractivity contribution in [3.63, 3.8) is 0 Å². The Morgan fingerprint density at radius 2 is 2.04 bits per heavy atom. The zero-order valence-corrected chi connectivity index (χ0v) is 15.2. The molecule has 0 radical (unpaired) electrons. The van der Waals surface area contributed by atoms with Gasteiger partial charge in [-0.1, -0.05) is 19.3 Å². The van der Waals surface area contributed by atoms with Crippen molar-refractivity contribution in [3.8, 4) is 6.07 Å². The number of carbonyl (C=O) groups excluding carboxylic acids is 1. The van der Waals surface area contributed by atoms with Crippen LogP contribution < -0.4 is 0 Å². The van der Waals surface area contributed by atoms with Gasteiger partial charge in [-0.3, -0.25) is 9.69 Å². The van der Waals surface area contributed by atoms with Gasteiger partial charge in [0.25, 0.3) is 5.91 Å². The minimum atomic E-state index is -0.569. The molecule has 1 aliphatic carbocycles. The number of likely N-dealkylation sites (tertiary alicyclic amines) is 1. The van der Waals surface area contributed by atoms with Crippen molar-refractivity contribution in [2.24, 2.45) is 5.92 Å². The molecule has 0 unspecified atom stereocenters. The molecule has 1 N–H and O–H groups in total. The summed E-state index contributed by atoms with van der Waals surface area (Å²) in [6.45, 7) is 2.01. The number of hydrogen-bond acceptors (Lipinski definition) is 4. The van der Waals surface area contributed by atoms with Crippen LogP contribution in [0.25, 0.3) is 0 Å². The highest BCUT2D eigenvalue weighted by atomic mass is 19.1. The third kappa shape index (κ3) is 4.22. The van der Waals surface area contributed by atoms with Crippen molar-refractivity contribution in [2.45, 2.75) is 44.2 Å². The van der Waals surface area contributed by atoms with Gasteiger partial charge in [0.15, 0.2) is 0 Å². The van der Waals surface area contributed by atoms with Gasteiger partial charge in [0, 0.05) is 38.3 Å². The molecule has 2 fully saturated rings. The van der Waals surface area contributed by atoms with Gasteiger partial charge >= 0.3 is 0 Å². The Morgan fingerprint density at radius 3 is 2.65 bits per heavy atom. The third-order valence-corrected chi connectivity index (χ3v) is 5.67. The average molecular weight is 359 g/mol. The second kappa shape index (κ2) is 8.15. The Morgan fingerprint density at radius 1 is 1.35 bits per heavy atom. The van der Waals surface area contributed by atoms with E-state index in [4.69, 9.17) is 5.26 Å². The van der Waals surface area contributed by atoms with E-state index < -0.39 is 5.82 Å². The summed E-state index contributed by atoms with van der Waals surface area (Å²) in [6, 6.07) is 5.72. The zero-order valence-electron chi connectivity index (χ0n) is 15.2. The third-order valence-electron chi connectivity index (χ3n) is 5.67. The topological polar surface area (TPSA) is 67.6 Å². The first-order chi connectivity index (χ1) is 12.5. The average Bonchev–Trinajstić information content (AvgIpc) is 2.63. The van der Waals surface area contributed by atoms with Gasteiger partial charge in [-0.05, 0) is 37.0 Å². The first-order valence-corrected chi connectivity index (χ1v) is 9.36. The van der Waals surface area contributed by atoms with E-state index >= 15 is 0 Å². The second-order valence-electron chi connectivity index (χ2n) is 7.59. The number of halogens is 1. The molecule has 3 rings (SSSR count). The Kier molecular flexibility index (Phi) is 5.90. The number of β-amino-alcohol motifs (C(OH)–C–C–N with tert-alkyl or cyclic N) is 1. The molecule has 6 heteroatoms. The Hall–Kier alpha value is -1.97. The number of benzene rings is 1. The molecule has 5 nitrogen and oxygen atoms in total. The van der Waals surface area contributed by atoms with Crippen LogP contribution in [0.2, 0.25) is 0 Å². The fraction of sp³-hybridized carbons (Fsp3) is 0.600. The van der Waals surface area contributed by atoms with Gasteiger partial charge in [-0.25, -0.2) is 4.39 Å². The van der Waals surface area contributed by atoms with Crippen LogP contribution in [-0.4, -0.2) is 59.6 Å². The predicted molar refractivity (Wildman–Crippen MR) is 96.0 cm³/mol. The number of aliphatic hydroxyl groups is 1. The lowest BCUT2D eigenvalue weighted by Gasteiger charge is -2.44. The first kappa shape index (κ1) is 18.8. The van der Waals surface area contributed by atoms with E-state index in [0.29, 0.717) is 19.0 Å². The van der Waals surface area contributed by atoms with Crippen LogP contribution in [0.15, 0.2) is 18.2 Å². The van der Waals surface area contributed by atoms with Crippen molar-refractivity contribution in [1.82, 2.24) is 9.80 Å². The maximum absolute atomic E-state index is 13.8. The van der Waals surface area contributed by atoms with E-state index in [1.165, 1.54) is 31.4 Å². The van der Waals surface area contributed by atoms with E-state index in [0.717, 1.165) is 25.5 Å². The Balaban J connectivity index is 1.79. The molecular weight excluding hydrogens is 333 g/mol. The lowest BCUT2D eigenvalue weighted by molar-refractivity contribution is -0.0192. The summed E-state index contributed by atoms with van der Waals surface area (Å²) < 4.78 is 13.8. The summed E-state index contributed by atoms with van der Waals surface area (Å²) in [7, 11) is 1.77.